The van der Waals surface area contributed by atoms with Crippen molar-refractivity contribution in [1.82, 2.24) is 0 Å². The maximum absolute atomic E-state index is 13.1. The summed E-state index contributed by atoms with van der Waals surface area (Å²) >= 11 is 5.82. The van der Waals surface area contributed by atoms with Gasteiger partial charge in [0.25, 0.3) is 0 Å². The Morgan fingerprint density at radius 2 is 2.00 bits per heavy atom. The van der Waals surface area contributed by atoms with Crippen LogP contribution in [0.1, 0.15) is 19.4 Å². The Morgan fingerprint density at radius 3 is 2.64 bits per heavy atom. The highest BCUT2D eigenvalue weighted by molar-refractivity contribution is 7.87. The molecule has 0 saturated carbocycles. The van der Waals surface area contributed by atoms with Crippen LogP contribution in [0.4, 0.5) is 10.1 Å². The molecule has 2 aromatic rings. The zero-order chi connectivity index (χ0) is 18.4. The molecule has 0 radical (unpaired) electrons. The van der Waals surface area contributed by atoms with Crippen molar-refractivity contribution < 1.29 is 21.8 Å². The number of carbonyl (C=O) groups excluding carboxylic acids is 1. The molecule has 1 atom stereocenters. The molecule has 0 spiro atoms. The first-order valence-corrected chi connectivity index (χ1v) is 9.30. The molecule has 0 aromatic heterocycles. The summed E-state index contributed by atoms with van der Waals surface area (Å²) in [6.07, 6.45) is 0.551. The van der Waals surface area contributed by atoms with E-state index < -0.39 is 15.9 Å². The van der Waals surface area contributed by atoms with E-state index in [0.29, 0.717) is 12.1 Å². The highest BCUT2D eigenvalue weighted by Gasteiger charge is 2.30. The first-order valence-electron chi connectivity index (χ1n) is 7.51. The molecule has 1 unspecified atom stereocenters. The minimum atomic E-state index is -4.14. The van der Waals surface area contributed by atoms with Crippen LogP contribution in [0.15, 0.2) is 41.3 Å². The first-order chi connectivity index (χ1) is 11.7. The number of hydrogen-bond acceptors (Lipinski definition) is 4. The van der Waals surface area contributed by atoms with Crippen molar-refractivity contribution in [2.75, 3.05) is 4.90 Å². The van der Waals surface area contributed by atoms with E-state index in [1.807, 2.05) is 6.92 Å². The van der Waals surface area contributed by atoms with Gasteiger partial charge >= 0.3 is 10.1 Å². The van der Waals surface area contributed by atoms with Gasteiger partial charge in [-0.3, -0.25) is 4.79 Å². The molecule has 25 heavy (non-hydrogen) atoms. The fourth-order valence-corrected chi connectivity index (χ4v) is 4.20. The summed E-state index contributed by atoms with van der Waals surface area (Å²) in [4.78, 5) is 13.3. The van der Waals surface area contributed by atoms with E-state index in [2.05, 4.69) is 0 Å². The number of benzene rings is 2. The van der Waals surface area contributed by atoms with Crippen molar-refractivity contribution in [2.24, 2.45) is 0 Å². The highest BCUT2D eigenvalue weighted by Crippen LogP contribution is 2.35. The maximum Gasteiger partial charge on any atom is 0.339 e. The Hall–Kier alpha value is -2.12. The maximum atomic E-state index is 13.1. The Balaban J connectivity index is 1.94. The van der Waals surface area contributed by atoms with Gasteiger partial charge in [0.05, 0.1) is 5.02 Å². The SMILES string of the molecule is CC(=O)N1c2ccc(S(=O)(=O)Oc3ccc(F)cc3Cl)cc2CC1C. The molecule has 1 amide bonds. The molecule has 0 saturated heterocycles. The lowest BCUT2D eigenvalue weighted by atomic mass is 10.1. The zero-order valence-corrected chi connectivity index (χ0v) is 15.1. The molecule has 3 rings (SSSR count). The van der Waals surface area contributed by atoms with Crippen molar-refractivity contribution in [2.45, 2.75) is 31.2 Å². The Labute approximate surface area is 150 Å². The molecular weight excluding hydrogens is 369 g/mol. The normalized spacial score (nSPS) is 16.6. The second kappa shape index (κ2) is 6.31. The van der Waals surface area contributed by atoms with Crippen LogP contribution >= 0.6 is 11.6 Å². The van der Waals surface area contributed by atoms with Gasteiger partial charge in [-0.2, -0.15) is 8.42 Å². The molecule has 0 aliphatic carbocycles. The lowest BCUT2D eigenvalue weighted by Crippen LogP contribution is -2.33. The molecule has 0 fully saturated rings. The molecule has 0 N–H and O–H groups in total. The van der Waals surface area contributed by atoms with E-state index in [-0.39, 0.29) is 27.6 Å². The number of nitrogens with zero attached hydrogens (tertiary/aromatic N) is 1. The number of amides is 1. The van der Waals surface area contributed by atoms with Crippen LogP contribution in [-0.2, 0) is 21.3 Å². The van der Waals surface area contributed by atoms with Gasteiger partial charge in [-0.1, -0.05) is 11.6 Å². The molecule has 1 aliphatic heterocycles. The third-order valence-electron chi connectivity index (χ3n) is 3.99. The van der Waals surface area contributed by atoms with Gasteiger partial charge in [-0.05, 0) is 55.3 Å². The molecule has 5 nitrogen and oxygen atoms in total. The molecule has 0 bridgehead atoms. The number of fused-ring (bicyclic) bond motifs is 1. The minimum absolute atomic E-state index is 0.0436. The fraction of sp³-hybridized carbons (Fsp3) is 0.235. The van der Waals surface area contributed by atoms with Crippen LogP contribution in [0.5, 0.6) is 5.75 Å². The van der Waals surface area contributed by atoms with Crippen molar-refractivity contribution in [3.8, 4) is 5.75 Å². The Kier molecular flexibility index (Phi) is 4.47. The summed E-state index contributed by atoms with van der Waals surface area (Å²) in [6.45, 7) is 3.36. The van der Waals surface area contributed by atoms with Crippen LogP contribution in [0.25, 0.3) is 0 Å². The Morgan fingerprint density at radius 1 is 1.28 bits per heavy atom. The number of rotatable bonds is 3. The standard InChI is InChI=1S/C17H15ClFNO4S/c1-10-7-12-8-14(4-5-16(12)20(10)11(2)21)25(22,23)24-17-6-3-13(19)9-15(17)18/h3-6,8-10H,7H2,1-2H3. The van der Waals surface area contributed by atoms with Gasteiger partial charge in [0.2, 0.25) is 5.91 Å². The number of carbonyl (C=O) groups is 1. The van der Waals surface area contributed by atoms with Gasteiger partial charge in [0.1, 0.15) is 10.7 Å². The van der Waals surface area contributed by atoms with E-state index in [1.54, 1.807) is 11.0 Å². The summed E-state index contributed by atoms with van der Waals surface area (Å²) in [5.74, 6) is -0.843. The minimum Gasteiger partial charge on any atom is -0.377 e. The van der Waals surface area contributed by atoms with Gasteiger partial charge in [0, 0.05) is 18.7 Å². The molecule has 132 valence electrons. The van der Waals surface area contributed by atoms with Crippen molar-refractivity contribution in [1.29, 1.82) is 0 Å². The smallest absolute Gasteiger partial charge is 0.339 e. The lowest BCUT2D eigenvalue weighted by Gasteiger charge is -2.20. The third-order valence-corrected chi connectivity index (χ3v) is 5.51. The third kappa shape index (κ3) is 3.34. The molecule has 1 heterocycles. The van der Waals surface area contributed by atoms with E-state index >= 15 is 0 Å². The van der Waals surface area contributed by atoms with Crippen molar-refractivity contribution in [3.63, 3.8) is 0 Å². The fourth-order valence-electron chi connectivity index (χ4n) is 2.95. The lowest BCUT2D eigenvalue weighted by molar-refractivity contribution is -0.116. The summed E-state index contributed by atoms with van der Waals surface area (Å²) in [7, 11) is -4.14. The molecule has 2 aromatic carbocycles. The summed E-state index contributed by atoms with van der Waals surface area (Å²) in [6, 6.07) is 7.59. The van der Waals surface area contributed by atoms with E-state index in [4.69, 9.17) is 15.8 Å². The predicted molar refractivity (Wildman–Crippen MR) is 92.0 cm³/mol. The number of hydrogen-bond donors (Lipinski definition) is 0. The largest absolute Gasteiger partial charge is 0.377 e. The monoisotopic (exact) mass is 383 g/mol. The summed E-state index contributed by atoms with van der Waals surface area (Å²) < 4.78 is 43.1. The van der Waals surface area contributed by atoms with Crippen LogP contribution in [0.2, 0.25) is 5.02 Å². The second-order valence-electron chi connectivity index (χ2n) is 5.84. The van der Waals surface area contributed by atoms with Crippen LogP contribution in [0.3, 0.4) is 0 Å². The zero-order valence-electron chi connectivity index (χ0n) is 13.5. The highest BCUT2D eigenvalue weighted by atomic mass is 35.5. The van der Waals surface area contributed by atoms with E-state index in [9.17, 15) is 17.6 Å². The molecule has 8 heteroatoms. The number of halogens is 2. The van der Waals surface area contributed by atoms with E-state index in [1.165, 1.54) is 19.1 Å². The molecule has 1 aliphatic rings. The van der Waals surface area contributed by atoms with E-state index in [0.717, 1.165) is 23.8 Å². The van der Waals surface area contributed by atoms with Crippen LogP contribution < -0.4 is 9.08 Å². The van der Waals surface area contributed by atoms with Crippen molar-refractivity contribution >= 4 is 33.3 Å². The average molecular weight is 384 g/mol. The van der Waals surface area contributed by atoms with Gasteiger partial charge in [-0.15, -0.1) is 0 Å². The topological polar surface area (TPSA) is 63.7 Å². The average Bonchev–Trinajstić information content (AvgIpc) is 2.85. The Bertz CT molecular complexity index is 961. The molecular formula is C17H15ClFNO4S. The van der Waals surface area contributed by atoms with Crippen molar-refractivity contribution in [3.05, 3.63) is 52.8 Å². The van der Waals surface area contributed by atoms with Gasteiger partial charge < -0.3 is 9.08 Å². The number of anilines is 1. The summed E-state index contributed by atoms with van der Waals surface area (Å²) in [5, 5.41) is -0.138. The van der Waals surface area contributed by atoms with Crippen LogP contribution in [-0.4, -0.2) is 20.4 Å². The first kappa shape index (κ1) is 17.7. The summed E-state index contributed by atoms with van der Waals surface area (Å²) in [5.41, 5.74) is 1.44. The predicted octanol–water partition coefficient (Wildman–Crippen LogP) is 3.54. The van der Waals surface area contributed by atoms with Gasteiger partial charge in [0.15, 0.2) is 5.75 Å². The van der Waals surface area contributed by atoms with Crippen LogP contribution in [0, 0.1) is 5.82 Å². The quantitative estimate of drug-likeness (QED) is 0.760. The second-order valence-corrected chi connectivity index (χ2v) is 7.80. The van der Waals surface area contributed by atoms with Gasteiger partial charge in [-0.25, -0.2) is 4.39 Å².